The van der Waals surface area contributed by atoms with Crippen LogP contribution < -0.4 is 11.1 Å². The topological polar surface area (TPSA) is 89.3 Å². The minimum Gasteiger partial charge on any atom is -0.325 e. The molecule has 0 spiro atoms. The largest absolute Gasteiger partial charge is 0.325 e. The summed E-state index contributed by atoms with van der Waals surface area (Å²) in [5.41, 5.74) is 6.29. The first-order valence-electron chi connectivity index (χ1n) is 6.21. The van der Waals surface area contributed by atoms with Crippen LogP contribution in [0.2, 0.25) is 0 Å². The number of anilines is 1. The zero-order valence-electron chi connectivity index (χ0n) is 11.2. The highest BCUT2D eigenvalue weighted by Crippen LogP contribution is 2.14. The second-order valence-electron chi connectivity index (χ2n) is 4.53. The Labute approximate surface area is 114 Å². The van der Waals surface area contributed by atoms with E-state index in [-0.39, 0.29) is 10.8 Å². The van der Waals surface area contributed by atoms with Crippen molar-refractivity contribution in [1.29, 1.82) is 0 Å². The van der Waals surface area contributed by atoms with Gasteiger partial charge in [-0.05, 0) is 30.7 Å². The van der Waals surface area contributed by atoms with Crippen molar-refractivity contribution in [2.45, 2.75) is 37.1 Å². The van der Waals surface area contributed by atoms with Crippen LogP contribution >= 0.6 is 0 Å². The Morgan fingerprint density at radius 3 is 2.37 bits per heavy atom. The molecule has 19 heavy (non-hydrogen) atoms. The third-order valence-corrected chi connectivity index (χ3v) is 3.88. The fourth-order valence-corrected chi connectivity index (χ4v) is 2.21. The zero-order valence-corrected chi connectivity index (χ0v) is 12.0. The number of benzene rings is 1. The van der Waals surface area contributed by atoms with Crippen LogP contribution in [0.25, 0.3) is 0 Å². The van der Waals surface area contributed by atoms with Crippen LogP contribution in [0.4, 0.5) is 5.69 Å². The minimum absolute atomic E-state index is 0.223. The summed E-state index contributed by atoms with van der Waals surface area (Å²) < 4.78 is 22.6. The van der Waals surface area contributed by atoms with Gasteiger partial charge < -0.3 is 11.1 Å². The zero-order chi connectivity index (χ0) is 14.5. The standard InChI is InChI=1S/C13H20N2O3S/c1-3-4-5-12(14)13(16)15-10-6-8-11(9-7-10)19(2,17)18/h6-9,12H,3-5,14H2,1-2H3,(H,15,16)/t12-/m0/s1. The van der Waals surface area contributed by atoms with Gasteiger partial charge in [-0.3, -0.25) is 4.79 Å². The van der Waals surface area contributed by atoms with Gasteiger partial charge in [-0.1, -0.05) is 19.8 Å². The lowest BCUT2D eigenvalue weighted by Crippen LogP contribution is -2.35. The van der Waals surface area contributed by atoms with Crippen molar-refractivity contribution < 1.29 is 13.2 Å². The molecule has 0 fully saturated rings. The maximum atomic E-state index is 11.7. The number of rotatable bonds is 6. The number of amides is 1. The summed E-state index contributed by atoms with van der Waals surface area (Å²) in [5, 5.41) is 2.67. The van der Waals surface area contributed by atoms with E-state index < -0.39 is 15.9 Å². The predicted octanol–water partition coefficient (Wildman–Crippen LogP) is 1.55. The molecule has 0 aliphatic carbocycles. The lowest BCUT2D eigenvalue weighted by atomic mass is 10.1. The number of nitrogens with one attached hydrogen (secondary N) is 1. The SMILES string of the molecule is CCCC[C@H](N)C(=O)Nc1ccc(S(C)(=O)=O)cc1. The molecule has 0 saturated heterocycles. The van der Waals surface area contributed by atoms with Crippen LogP contribution in [-0.4, -0.2) is 26.6 Å². The molecule has 0 unspecified atom stereocenters. The Hall–Kier alpha value is -1.40. The predicted molar refractivity (Wildman–Crippen MR) is 75.7 cm³/mol. The van der Waals surface area contributed by atoms with Crippen molar-refractivity contribution in [2.24, 2.45) is 5.73 Å². The quantitative estimate of drug-likeness (QED) is 0.829. The number of carbonyl (C=O) groups excluding carboxylic acids is 1. The Kier molecular flexibility index (Phi) is 5.50. The molecule has 1 amide bonds. The molecular weight excluding hydrogens is 264 g/mol. The van der Waals surface area contributed by atoms with Crippen LogP contribution in [0.1, 0.15) is 26.2 Å². The summed E-state index contributed by atoms with van der Waals surface area (Å²) in [6, 6.07) is 5.50. The number of carbonyl (C=O) groups is 1. The van der Waals surface area contributed by atoms with Crippen LogP contribution in [0.15, 0.2) is 29.2 Å². The van der Waals surface area contributed by atoms with E-state index in [9.17, 15) is 13.2 Å². The van der Waals surface area contributed by atoms with E-state index in [4.69, 9.17) is 5.73 Å². The fourth-order valence-electron chi connectivity index (χ4n) is 1.58. The molecule has 3 N–H and O–H groups in total. The highest BCUT2D eigenvalue weighted by atomic mass is 32.2. The molecule has 0 saturated carbocycles. The van der Waals surface area contributed by atoms with Gasteiger partial charge in [0, 0.05) is 11.9 Å². The van der Waals surface area contributed by atoms with E-state index in [1.807, 2.05) is 6.92 Å². The molecule has 5 nitrogen and oxygen atoms in total. The minimum atomic E-state index is -3.21. The van der Waals surface area contributed by atoms with Gasteiger partial charge in [0.25, 0.3) is 0 Å². The van der Waals surface area contributed by atoms with Gasteiger partial charge in [-0.2, -0.15) is 0 Å². The van der Waals surface area contributed by atoms with Crippen molar-refractivity contribution in [2.75, 3.05) is 11.6 Å². The van der Waals surface area contributed by atoms with Crippen LogP contribution in [-0.2, 0) is 14.6 Å². The average molecular weight is 284 g/mol. The van der Waals surface area contributed by atoms with E-state index in [1.165, 1.54) is 12.1 Å². The number of hydrogen-bond acceptors (Lipinski definition) is 4. The lowest BCUT2D eigenvalue weighted by molar-refractivity contribution is -0.117. The molecule has 0 radical (unpaired) electrons. The summed E-state index contributed by atoms with van der Waals surface area (Å²) in [6.07, 6.45) is 3.68. The van der Waals surface area contributed by atoms with Gasteiger partial charge in [0.1, 0.15) is 0 Å². The summed E-state index contributed by atoms with van der Waals surface area (Å²) in [4.78, 5) is 12.0. The Bertz CT molecular complexity index is 523. The first kappa shape index (κ1) is 15.7. The first-order valence-corrected chi connectivity index (χ1v) is 8.10. The normalized spacial score (nSPS) is 13.0. The fraction of sp³-hybridized carbons (Fsp3) is 0.462. The molecule has 6 heteroatoms. The van der Waals surface area contributed by atoms with Gasteiger partial charge in [-0.15, -0.1) is 0 Å². The van der Waals surface area contributed by atoms with E-state index in [0.717, 1.165) is 19.1 Å². The third-order valence-electron chi connectivity index (χ3n) is 2.76. The molecular formula is C13H20N2O3S. The van der Waals surface area contributed by atoms with Crippen LogP contribution in [0.3, 0.4) is 0 Å². The van der Waals surface area contributed by atoms with Gasteiger partial charge in [-0.25, -0.2) is 8.42 Å². The molecule has 106 valence electrons. The van der Waals surface area contributed by atoms with E-state index in [0.29, 0.717) is 12.1 Å². The van der Waals surface area contributed by atoms with Gasteiger partial charge >= 0.3 is 0 Å². The molecule has 1 atom stereocenters. The van der Waals surface area contributed by atoms with E-state index in [2.05, 4.69) is 5.32 Å². The molecule has 0 aromatic heterocycles. The smallest absolute Gasteiger partial charge is 0.241 e. The molecule has 1 aromatic rings. The van der Waals surface area contributed by atoms with Crippen molar-refractivity contribution in [1.82, 2.24) is 0 Å². The van der Waals surface area contributed by atoms with E-state index >= 15 is 0 Å². The number of hydrogen-bond donors (Lipinski definition) is 2. The number of nitrogens with two attached hydrogens (primary N) is 1. The van der Waals surface area contributed by atoms with Crippen LogP contribution in [0.5, 0.6) is 0 Å². The lowest BCUT2D eigenvalue weighted by Gasteiger charge is -2.11. The molecule has 0 aliphatic heterocycles. The second kappa shape index (κ2) is 6.68. The highest BCUT2D eigenvalue weighted by molar-refractivity contribution is 7.90. The third kappa shape index (κ3) is 5.00. The van der Waals surface area contributed by atoms with Crippen molar-refractivity contribution in [3.63, 3.8) is 0 Å². The first-order chi connectivity index (χ1) is 8.84. The Morgan fingerprint density at radius 2 is 1.89 bits per heavy atom. The summed E-state index contributed by atoms with van der Waals surface area (Å²) in [5.74, 6) is -0.249. The van der Waals surface area contributed by atoms with Crippen LogP contribution in [0, 0.1) is 0 Å². The average Bonchev–Trinajstić information content (AvgIpc) is 2.35. The molecule has 1 rings (SSSR count). The van der Waals surface area contributed by atoms with Crippen molar-refractivity contribution >= 4 is 21.4 Å². The molecule has 0 heterocycles. The monoisotopic (exact) mass is 284 g/mol. The summed E-state index contributed by atoms with van der Waals surface area (Å²) >= 11 is 0. The second-order valence-corrected chi connectivity index (χ2v) is 6.55. The number of unbranched alkanes of at least 4 members (excludes halogenated alkanes) is 1. The van der Waals surface area contributed by atoms with Gasteiger partial charge in [0.05, 0.1) is 10.9 Å². The summed E-state index contributed by atoms with van der Waals surface area (Å²) in [7, 11) is -3.21. The highest BCUT2D eigenvalue weighted by Gasteiger charge is 2.13. The van der Waals surface area contributed by atoms with E-state index in [1.54, 1.807) is 12.1 Å². The van der Waals surface area contributed by atoms with Gasteiger partial charge in [0.2, 0.25) is 5.91 Å². The van der Waals surface area contributed by atoms with Crippen molar-refractivity contribution in [3.05, 3.63) is 24.3 Å². The Morgan fingerprint density at radius 1 is 1.32 bits per heavy atom. The molecule has 0 bridgehead atoms. The number of sulfone groups is 1. The van der Waals surface area contributed by atoms with Crippen molar-refractivity contribution in [3.8, 4) is 0 Å². The van der Waals surface area contributed by atoms with Gasteiger partial charge in [0.15, 0.2) is 9.84 Å². The molecule has 1 aromatic carbocycles. The maximum absolute atomic E-state index is 11.7. The molecule has 0 aliphatic rings. The summed E-state index contributed by atoms with van der Waals surface area (Å²) in [6.45, 7) is 2.04. The Balaban J connectivity index is 2.65. The maximum Gasteiger partial charge on any atom is 0.241 e.